The molecule has 7 heteroatoms. The van der Waals surface area contributed by atoms with Crippen molar-refractivity contribution in [2.75, 3.05) is 18.0 Å². The number of carbonyl (C=O) groups is 1. The Morgan fingerprint density at radius 2 is 1.96 bits per heavy atom. The van der Waals surface area contributed by atoms with Gasteiger partial charge in [0.25, 0.3) is 15.9 Å². The van der Waals surface area contributed by atoms with Crippen LogP contribution in [-0.2, 0) is 10.0 Å². The van der Waals surface area contributed by atoms with Crippen LogP contribution in [-0.4, -0.2) is 33.3 Å². The van der Waals surface area contributed by atoms with Crippen LogP contribution in [0.1, 0.15) is 51.4 Å². The molecule has 1 aromatic rings. The van der Waals surface area contributed by atoms with Crippen molar-refractivity contribution in [2.45, 2.75) is 45.9 Å². The Morgan fingerprint density at radius 3 is 2.54 bits per heavy atom. The number of nitrogens with zero attached hydrogens (tertiary/aromatic N) is 2. The van der Waals surface area contributed by atoms with Gasteiger partial charge in [-0.25, -0.2) is 0 Å². The van der Waals surface area contributed by atoms with Crippen molar-refractivity contribution in [3.05, 3.63) is 23.8 Å². The van der Waals surface area contributed by atoms with Crippen LogP contribution in [0.4, 0.5) is 5.69 Å². The molecule has 0 bridgehead atoms. The van der Waals surface area contributed by atoms with Crippen LogP contribution in [0.15, 0.2) is 27.5 Å². The molecule has 0 radical (unpaired) electrons. The molecule has 1 amide bonds. The highest BCUT2D eigenvalue weighted by molar-refractivity contribution is 7.90. The molecule has 0 fully saturated rings. The Kier molecular flexibility index (Phi) is 5.03. The zero-order chi connectivity index (χ0) is 18.1. The predicted molar refractivity (Wildman–Crippen MR) is 96.2 cm³/mol. The van der Waals surface area contributed by atoms with Crippen molar-refractivity contribution in [3.8, 4) is 0 Å². The summed E-state index contributed by atoms with van der Waals surface area (Å²) in [6, 6.07) is 4.77. The molecule has 1 N–H and O–H groups in total. The Labute approximate surface area is 144 Å². The smallest absolute Gasteiger partial charge is 0.286 e. The van der Waals surface area contributed by atoms with Crippen LogP contribution in [0, 0.1) is 5.41 Å². The second-order valence-corrected chi connectivity index (χ2v) is 8.76. The molecule has 0 aliphatic carbocycles. The second kappa shape index (κ2) is 6.55. The fourth-order valence-electron chi connectivity index (χ4n) is 2.49. The van der Waals surface area contributed by atoms with E-state index in [1.54, 1.807) is 19.1 Å². The molecule has 132 valence electrons. The molecule has 1 heterocycles. The van der Waals surface area contributed by atoms with Crippen molar-refractivity contribution < 1.29 is 13.2 Å². The Balaban J connectivity index is 2.39. The van der Waals surface area contributed by atoms with Gasteiger partial charge < -0.3 is 10.2 Å². The van der Waals surface area contributed by atoms with Crippen molar-refractivity contribution in [1.29, 1.82) is 0 Å². The van der Waals surface area contributed by atoms with Gasteiger partial charge in [-0.3, -0.25) is 4.79 Å². The van der Waals surface area contributed by atoms with Gasteiger partial charge >= 0.3 is 0 Å². The first kappa shape index (κ1) is 18.4. The highest BCUT2D eigenvalue weighted by Gasteiger charge is 2.29. The molecule has 0 unspecified atom stereocenters. The van der Waals surface area contributed by atoms with Crippen LogP contribution >= 0.6 is 0 Å². The van der Waals surface area contributed by atoms with E-state index < -0.39 is 10.0 Å². The summed E-state index contributed by atoms with van der Waals surface area (Å²) in [5.74, 6) is 0.172. The van der Waals surface area contributed by atoms with Crippen LogP contribution in [0.2, 0.25) is 0 Å². The SMILES string of the molecule is CCCN1C(C)=NS(=O)(=O)c2cc(C(=O)NCC(C)(C)C)ccc21. The van der Waals surface area contributed by atoms with E-state index in [9.17, 15) is 13.2 Å². The summed E-state index contributed by atoms with van der Waals surface area (Å²) >= 11 is 0. The molecule has 1 aromatic carbocycles. The van der Waals surface area contributed by atoms with Gasteiger partial charge in [-0.15, -0.1) is 4.40 Å². The maximum Gasteiger partial charge on any atom is 0.286 e. The van der Waals surface area contributed by atoms with E-state index in [1.807, 2.05) is 32.6 Å². The number of nitrogens with one attached hydrogen (secondary N) is 1. The third-order valence-electron chi connectivity index (χ3n) is 3.66. The first-order valence-electron chi connectivity index (χ1n) is 8.06. The summed E-state index contributed by atoms with van der Waals surface area (Å²) in [6.07, 6.45) is 0.861. The number of amides is 1. The Morgan fingerprint density at radius 1 is 1.29 bits per heavy atom. The average Bonchev–Trinajstić information content (AvgIpc) is 2.47. The highest BCUT2D eigenvalue weighted by atomic mass is 32.2. The summed E-state index contributed by atoms with van der Waals surface area (Å²) in [6.45, 7) is 10.9. The van der Waals surface area contributed by atoms with E-state index in [0.29, 0.717) is 30.2 Å². The quantitative estimate of drug-likeness (QED) is 0.905. The summed E-state index contributed by atoms with van der Waals surface area (Å²) in [5.41, 5.74) is 0.861. The van der Waals surface area contributed by atoms with Crippen LogP contribution in [0.25, 0.3) is 0 Å². The standard InChI is InChI=1S/C17H25N3O3S/c1-6-9-20-12(2)19-24(22,23)15-10-13(7-8-14(15)20)16(21)18-11-17(3,4)5/h7-8,10H,6,9,11H2,1-5H3,(H,18,21). The maximum absolute atomic E-state index is 12.4. The molecule has 0 aromatic heterocycles. The number of anilines is 1. The van der Waals surface area contributed by atoms with Crippen molar-refractivity contribution in [1.82, 2.24) is 5.32 Å². The van der Waals surface area contributed by atoms with E-state index in [-0.39, 0.29) is 16.2 Å². The molecule has 1 aliphatic rings. The highest BCUT2D eigenvalue weighted by Crippen LogP contribution is 2.32. The molecule has 1 aliphatic heterocycles. The minimum atomic E-state index is -3.78. The van der Waals surface area contributed by atoms with Gasteiger partial charge in [-0.1, -0.05) is 27.7 Å². The fraction of sp³-hybridized carbons (Fsp3) is 0.529. The first-order valence-corrected chi connectivity index (χ1v) is 9.50. The lowest BCUT2D eigenvalue weighted by Gasteiger charge is -2.29. The number of fused-ring (bicyclic) bond motifs is 1. The number of hydrogen-bond acceptors (Lipinski definition) is 4. The molecular weight excluding hydrogens is 326 g/mol. The third kappa shape index (κ3) is 3.95. The van der Waals surface area contributed by atoms with Gasteiger partial charge in [-0.05, 0) is 37.0 Å². The van der Waals surface area contributed by atoms with E-state index in [2.05, 4.69) is 9.71 Å². The predicted octanol–water partition coefficient (Wildman–Crippen LogP) is 2.80. The molecule has 6 nitrogen and oxygen atoms in total. The number of amidine groups is 1. The van der Waals surface area contributed by atoms with E-state index in [1.165, 1.54) is 6.07 Å². The first-order chi connectivity index (χ1) is 11.0. The van der Waals surface area contributed by atoms with E-state index in [4.69, 9.17) is 0 Å². The lowest BCUT2D eigenvalue weighted by Crippen LogP contribution is -2.35. The molecule has 0 atom stereocenters. The monoisotopic (exact) mass is 351 g/mol. The summed E-state index contributed by atoms with van der Waals surface area (Å²) in [4.78, 5) is 14.3. The summed E-state index contributed by atoms with van der Waals surface area (Å²) in [7, 11) is -3.78. The van der Waals surface area contributed by atoms with Crippen LogP contribution in [0.3, 0.4) is 0 Å². The maximum atomic E-state index is 12.4. The minimum absolute atomic E-state index is 0.0464. The van der Waals surface area contributed by atoms with Gasteiger partial charge in [-0.2, -0.15) is 8.42 Å². The zero-order valence-corrected chi connectivity index (χ0v) is 15.7. The molecule has 0 saturated heterocycles. The molecule has 0 saturated carbocycles. The number of carbonyl (C=O) groups excluding carboxylic acids is 1. The molecule has 2 rings (SSSR count). The Bertz CT molecular complexity index is 777. The van der Waals surface area contributed by atoms with Gasteiger partial charge in [0.1, 0.15) is 10.7 Å². The van der Waals surface area contributed by atoms with Crippen LogP contribution in [0.5, 0.6) is 0 Å². The number of sulfonamides is 1. The number of rotatable bonds is 4. The lowest BCUT2D eigenvalue weighted by atomic mass is 9.97. The molecule has 0 spiro atoms. The van der Waals surface area contributed by atoms with E-state index >= 15 is 0 Å². The minimum Gasteiger partial charge on any atom is -0.352 e. The van der Waals surface area contributed by atoms with Crippen molar-refractivity contribution in [2.24, 2.45) is 9.81 Å². The second-order valence-electron chi connectivity index (χ2n) is 7.19. The third-order valence-corrected chi connectivity index (χ3v) is 5.05. The van der Waals surface area contributed by atoms with Crippen molar-refractivity contribution in [3.63, 3.8) is 0 Å². The van der Waals surface area contributed by atoms with Gasteiger partial charge in [0, 0.05) is 18.7 Å². The number of benzene rings is 1. The molecule has 24 heavy (non-hydrogen) atoms. The van der Waals surface area contributed by atoms with Gasteiger partial charge in [0.2, 0.25) is 0 Å². The van der Waals surface area contributed by atoms with Gasteiger partial charge in [0.15, 0.2) is 0 Å². The topological polar surface area (TPSA) is 78.8 Å². The zero-order valence-electron chi connectivity index (χ0n) is 14.9. The lowest BCUT2D eigenvalue weighted by molar-refractivity contribution is 0.0939. The summed E-state index contributed by atoms with van der Waals surface area (Å²) in [5, 5.41) is 2.84. The summed E-state index contributed by atoms with van der Waals surface area (Å²) < 4.78 is 28.6. The number of hydrogen-bond donors (Lipinski definition) is 1. The van der Waals surface area contributed by atoms with E-state index in [0.717, 1.165) is 6.42 Å². The van der Waals surface area contributed by atoms with Crippen LogP contribution < -0.4 is 10.2 Å². The average molecular weight is 351 g/mol. The largest absolute Gasteiger partial charge is 0.352 e. The van der Waals surface area contributed by atoms with Gasteiger partial charge in [0.05, 0.1) is 5.69 Å². The molecular formula is C17H25N3O3S. The van der Waals surface area contributed by atoms with Crippen molar-refractivity contribution >= 4 is 27.5 Å². The Hall–Kier alpha value is -1.89. The fourth-order valence-corrected chi connectivity index (χ4v) is 3.75. The normalized spacial score (nSPS) is 16.4.